The molecular formula is C53H46Cl2F6N6O11Zn. The Kier molecular flexibility index (Phi) is 21.5. The second kappa shape index (κ2) is 27.3. The number of pyridine rings is 2. The van der Waals surface area contributed by atoms with Crippen molar-refractivity contribution in [3.05, 3.63) is 183 Å². The summed E-state index contributed by atoms with van der Waals surface area (Å²) in [7, 11) is 2.94. The number of aliphatic hydroxyl groups is 1. The van der Waals surface area contributed by atoms with Gasteiger partial charge in [0.05, 0.1) is 17.4 Å². The Bertz CT molecular complexity index is 3710. The standard InChI is InChI=1S/C26H21ClF3N3O5.C26H23ClF3N3O4.CH2O2.Zn/c1-32-23-22(24(35)33(25(32)36)10-3-11-37-15-34)20(12-16-6-8-18(27)9-7-16)21(14-31-23)17-4-2-5-19(13-17)38-26(28,29)30;1-3-4-12-33-24(35)21-20(22(34)15-8-10-17(27)11-9-15)19(14-31-23(21)32(2)25(33)36)16-6-5-7-18(13-16)37-26(28,29)30;2-1-3;/h2,4-9,13-15H,3,10-12H2,1H3;5-11,13-14,22,34H,3-4,12H2,1-2H3;1H,(H,2,3);. The van der Waals surface area contributed by atoms with Gasteiger partial charge < -0.3 is 24.4 Å². The number of halogens is 8. The smallest absolute Gasteiger partial charge is 0.483 e. The Balaban J connectivity index is 0.000000274. The molecule has 1 atom stereocenters. The van der Waals surface area contributed by atoms with Gasteiger partial charge >= 0.3 is 24.1 Å². The van der Waals surface area contributed by atoms with E-state index in [4.69, 9.17) is 33.1 Å². The molecule has 0 aliphatic heterocycles. The minimum absolute atomic E-state index is 0. The van der Waals surface area contributed by atoms with E-state index < -0.39 is 52.8 Å². The molecule has 17 nitrogen and oxygen atoms in total. The van der Waals surface area contributed by atoms with E-state index in [2.05, 4.69) is 24.2 Å². The number of fused-ring (bicyclic) bond motifs is 2. The molecular weight excluding hydrogens is 1150 g/mol. The van der Waals surface area contributed by atoms with Crippen molar-refractivity contribution in [2.75, 3.05) is 6.61 Å². The number of carboxylic acid groups (broad SMARTS) is 1. The molecule has 0 aliphatic carbocycles. The molecule has 412 valence electrons. The van der Waals surface area contributed by atoms with Gasteiger partial charge in [0.1, 0.15) is 28.9 Å². The van der Waals surface area contributed by atoms with Crippen LogP contribution in [-0.2, 0) is 67.4 Å². The maximum Gasteiger partial charge on any atom is 0.573 e. The molecule has 0 fully saturated rings. The van der Waals surface area contributed by atoms with Gasteiger partial charge in [0.25, 0.3) is 24.1 Å². The molecule has 8 rings (SSSR count). The largest absolute Gasteiger partial charge is 0.573 e. The number of benzene rings is 4. The fourth-order valence-electron chi connectivity index (χ4n) is 8.33. The van der Waals surface area contributed by atoms with Crippen LogP contribution in [0, 0.1) is 0 Å². The average molecular weight is 1190 g/mol. The van der Waals surface area contributed by atoms with Gasteiger partial charge in [-0.3, -0.25) is 37.4 Å². The van der Waals surface area contributed by atoms with E-state index in [9.17, 15) is 55.4 Å². The van der Waals surface area contributed by atoms with Crippen LogP contribution >= 0.6 is 23.2 Å². The first-order valence-corrected chi connectivity index (χ1v) is 24.0. The summed E-state index contributed by atoms with van der Waals surface area (Å²) >= 11 is 12.0. The molecule has 2 N–H and O–H groups in total. The van der Waals surface area contributed by atoms with E-state index in [0.29, 0.717) is 38.7 Å². The van der Waals surface area contributed by atoms with Crippen LogP contribution in [0.15, 0.2) is 129 Å². The van der Waals surface area contributed by atoms with Gasteiger partial charge in [-0.1, -0.05) is 85.1 Å². The van der Waals surface area contributed by atoms with Crippen molar-refractivity contribution in [2.45, 2.75) is 64.5 Å². The molecule has 1 unspecified atom stereocenters. The second-order valence-corrected chi connectivity index (χ2v) is 17.8. The topological polar surface area (TPSA) is 216 Å². The van der Waals surface area contributed by atoms with E-state index in [0.717, 1.165) is 33.3 Å². The van der Waals surface area contributed by atoms with Crippen molar-refractivity contribution in [2.24, 2.45) is 14.1 Å². The van der Waals surface area contributed by atoms with Crippen LogP contribution in [0.3, 0.4) is 0 Å². The van der Waals surface area contributed by atoms with Gasteiger partial charge in [-0.25, -0.2) is 19.6 Å². The first-order chi connectivity index (χ1) is 37.0. The van der Waals surface area contributed by atoms with Gasteiger partial charge in [0, 0.05) is 85.8 Å². The van der Waals surface area contributed by atoms with Crippen LogP contribution in [0.1, 0.15) is 54.5 Å². The number of ether oxygens (including phenoxy) is 3. The Morgan fingerprint density at radius 3 is 1.62 bits per heavy atom. The van der Waals surface area contributed by atoms with Gasteiger partial charge in [-0.05, 0) is 95.6 Å². The first kappa shape index (κ1) is 62.2. The zero-order chi connectivity index (χ0) is 57.1. The van der Waals surface area contributed by atoms with Crippen molar-refractivity contribution >= 4 is 58.2 Å². The predicted octanol–water partition coefficient (Wildman–Crippen LogP) is 9.36. The Hall–Kier alpha value is -7.66. The van der Waals surface area contributed by atoms with Crippen LogP contribution in [0.25, 0.3) is 44.3 Å². The van der Waals surface area contributed by atoms with E-state index in [1.807, 2.05) is 6.92 Å². The fraction of sp³-hybridized carbons (Fsp3) is 0.245. The number of nitrogens with zero attached hydrogens (tertiary/aromatic N) is 6. The average Bonchev–Trinajstić information content (AvgIpc) is 3.56. The molecule has 0 aliphatic rings. The van der Waals surface area contributed by atoms with Gasteiger partial charge in [-0.2, -0.15) is 0 Å². The summed E-state index contributed by atoms with van der Waals surface area (Å²) in [5.41, 5.74) is 0.616. The summed E-state index contributed by atoms with van der Waals surface area (Å²) in [5, 5.41) is 19.5. The van der Waals surface area contributed by atoms with Crippen molar-refractivity contribution < 1.29 is 79.8 Å². The molecule has 4 aromatic heterocycles. The summed E-state index contributed by atoms with van der Waals surface area (Å²) in [4.78, 5) is 80.7. The van der Waals surface area contributed by atoms with Crippen LogP contribution < -0.4 is 32.0 Å². The van der Waals surface area contributed by atoms with E-state index in [1.165, 1.54) is 66.0 Å². The molecule has 0 bridgehead atoms. The number of hydrogen-bond acceptors (Lipinski definition) is 12. The van der Waals surface area contributed by atoms with Crippen molar-refractivity contribution in [3.8, 4) is 33.8 Å². The molecule has 4 aromatic carbocycles. The molecule has 4 heterocycles. The third-order valence-electron chi connectivity index (χ3n) is 11.8. The van der Waals surface area contributed by atoms with Crippen molar-refractivity contribution in [1.29, 1.82) is 0 Å². The SMILES string of the molecule is CCCCn1c(=O)c2c(C(O)c3ccc(Cl)cc3)c(-c3cccc(OC(F)(F)F)c3)cnc2n(C)c1=O.Cn1c(=O)n(CCCOC=O)c(=O)c2c(Cc3ccc(Cl)cc3)c(-c3cccc(OC(F)(F)F)c3)cnc21.O=CO.[Zn]. The summed E-state index contributed by atoms with van der Waals surface area (Å²) in [6, 6.07) is 23.7. The van der Waals surface area contributed by atoms with Gasteiger partial charge in [0.2, 0.25) is 0 Å². The summed E-state index contributed by atoms with van der Waals surface area (Å²) in [6.07, 6.45) is -6.73. The third kappa shape index (κ3) is 15.3. The second-order valence-electron chi connectivity index (χ2n) is 16.9. The first-order valence-electron chi connectivity index (χ1n) is 23.3. The van der Waals surface area contributed by atoms with E-state index in [1.54, 1.807) is 54.6 Å². The predicted molar refractivity (Wildman–Crippen MR) is 277 cm³/mol. The van der Waals surface area contributed by atoms with Gasteiger partial charge in [-0.15, -0.1) is 26.3 Å². The van der Waals surface area contributed by atoms with E-state index in [-0.39, 0.29) is 104 Å². The van der Waals surface area contributed by atoms with Crippen molar-refractivity contribution in [3.63, 3.8) is 0 Å². The maximum absolute atomic E-state index is 13.7. The molecule has 0 amide bonds. The molecule has 8 aromatic rings. The maximum atomic E-state index is 13.7. The number of aromatic nitrogens is 6. The number of rotatable bonds is 16. The number of aliphatic hydroxyl groups excluding tert-OH is 1. The molecule has 0 spiro atoms. The number of carbonyl (C=O) groups excluding carboxylic acids is 1. The summed E-state index contributed by atoms with van der Waals surface area (Å²) < 4.78 is 94.6. The zero-order valence-electron chi connectivity index (χ0n) is 42.1. The van der Waals surface area contributed by atoms with Crippen LogP contribution in [0.4, 0.5) is 26.3 Å². The monoisotopic (exact) mass is 1190 g/mol. The number of aryl methyl sites for hydroxylation is 2. The molecule has 79 heavy (non-hydrogen) atoms. The number of hydrogen-bond donors (Lipinski definition) is 2. The minimum atomic E-state index is -4.91. The van der Waals surface area contributed by atoms with Crippen molar-refractivity contribution in [1.82, 2.24) is 28.2 Å². The Morgan fingerprint density at radius 2 is 1.13 bits per heavy atom. The van der Waals surface area contributed by atoms with Crippen LogP contribution in [-0.4, -0.2) is 70.7 Å². The van der Waals surface area contributed by atoms with Crippen LogP contribution in [0.2, 0.25) is 10.0 Å². The Morgan fingerprint density at radius 1 is 0.671 bits per heavy atom. The van der Waals surface area contributed by atoms with E-state index >= 15 is 0 Å². The molecule has 26 heteroatoms. The minimum Gasteiger partial charge on any atom is -0.483 e. The third-order valence-corrected chi connectivity index (χ3v) is 12.3. The Labute approximate surface area is 466 Å². The van der Waals surface area contributed by atoms with Gasteiger partial charge in [0.15, 0.2) is 0 Å². The zero-order valence-corrected chi connectivity index (χ0v) is 46.5. The van der Waals surface area contributed by atoms with Crippen LogP contribution in [0.5, 0.6) is 11.5 Å². The normalized spacial score (nSPS) is 11.6. The number of carbonyl (C=O) groups is 2. The number of alkyl halides is 6. The fourth-order valence-corrected chi connectivity index (χ4v) is 8.59. The summed E-state index contributed by atoms with van der Waals surface area (Å²) in [5.74, 6) is -0.904. The quantitative estimate of drug-likeness (QED) is 0.0400. The molecule has 0 radical (unpaired) electrons. The molecule has 0 saturated heterocycles. The molecule has 0 saturated carbocycles. The summed E-state index contributed by atoms with van der Waals surface area (Å²) in [6.45, 7) is 2.10. The number of unbranched alkanes of at least 4 members (excludes halogenated alkanes) is 1.